The van der Waals surface area contributed by atoms with Gasteiger partial charge in [-0.05, 0) is 35.2 Å². The topological polar surface area (TPSA) is 46.9 Å². The second kappa shape index (κ2) is 6.75. The van der Waals surface area contributed by atoms with Crippen molar-refractivity contribution < 1.29 is 4.79 Å². The number of carbonyl (C=O) groups is 1. The second-order valence-electron chi connectivity index (χ2n) is 5.10. The van der Waals surface area contributed by atoms with Gasteiger partial charge in [0, 0.05) is 48.1 Å². The van der Waals surface area contributed by atoms with Crippen LogP contribution in [0.4, 0.5) is 0 Å². The maximum Gasteiger partial charge on any atom is 0.222 e. The van der Waals surface area contributed by atoms with Gasteiger partial charge in [-0.15, -0.1) is 0 Å². The van der Waals surface area contributed by atoms with E-state index in [1.165, 1.54) is 5.39 Å². The van der Waals surface area contributed by atoms with Crippen molar-refractivity contribution in [2.24, 2.45) is 0 Å². The Balaban J connectivity index is 1.57. The van der Waals surface area contributed by atoms with Gasteiger partial charge in [-0.3, -0.25) is 9.78 Å². The highest BCUT2D eigenvalue weighted by molar-refractivity contribution is 9.10. The third-order valence-electron chi connectivity index (χ3n) is 3.53. The number of nitrogens with zero attached hydrogens (tertiary/aromatic N) is 2. The number of fused-ring (bicyclic) bond motifs is 1. The Kier molecular flexibility index (Phi) is 4.53. The van der Waals surface area contributed by atoms with Crippen LogP contribution in [0.15, 0.2) is 59.5 Å². The van der Waals surface area contributed by atoms with Crippen molar-refractivity contribution in [2.75, 3.05) is 0 Å². The smallest absolute Gasteiger partial charge is 0.222 e. The quantitative estimate of drug-likeness (QED) is 0.759. The fraction of sp³-hybridized carbons (Fsp3) is 0.176. The zero-order valence-corrected chi connectivity index (χ0v) is 13.6. The highest BCUT2D eigenvalue weighted by Crippen LogP contribution is 2.21. The molecule has 1 aromatic carbocycles. The fourth-order valence-electron chi connectivity index (χ4n) is 2.37. The maximum atomic E-state index is 12.0. The lowest BCUT2D eigenvalue weighted by atomic mass is 10.2. The molecule has 3 aromatic rings. The lowest BCUT2D eigenvalue weighted by Crippen LogP contribution is -2.23. The first kappa shape index (κ1) is 14.8. The molecule has 2 aromatic heterocycles. The first-order valence-corrected chi connectivity index (χ1v) is 7.92. The van der Waals surface area contributed by atoms with Crippen LogP contribution >= 0.6 is 15.9 Å². The molecule has 0 fully saturated rings. The molecule has 0 unspecified atom stereocenters. The van der Waals surface area contributed by atoms with Gasteiger partial charge in [-0.25, -0.2) is 0 Å². The summed E-state index contributed by atoms with van der Waals surface area (Å²) < 4.78 is 3.14. The molecule has 0 radical (unpaired) electrons. The Morgan fingerprint density at radius 2 is 2.18 bits per heavy atom. The molecular weight excluding hydrogens is 342 g/mol. The third kappa shape index (κ3) is 3.54. The van der Waals surface area contributed by atoms with Crippen molar-refractivity contribution in [3.63, 3.8) is 0 Å². The maximum absolute atomic E-state index is 12.0. The summed E-state index contributed by atoms with van der Waals surface area (Å²) in [7, 11) is 0. The second-order valence-corrected chi connectivity index (χ2v) is 6.02. The summed E-state index contributed by atoms with van der Waals surface area (Å²) in [6.07, 6.45) is 5.96. The molecule has 1 N–H and O–H groups in total. The zero-order chi connectivity index (χ0) is 15.4. The van der Waals surface area contributed by atoms with Crippen LogP contribution in [0.3, 0.4) is 0 Å². The van der Waals surface area contributed by atoms with Crippen LogP contribution in [0, 0.1) is 0 Å². The predicted octanol–water partition coefficient (Wildman–Crippen LogP) is 3.51. The Hall–Kier alpha value is -2.14. The number of carbonyl (C=O) groups excluding carboxylic acids is 1. The van der Waals surface area contributed by atoms with Crippen molar-refractivity contribution in [1.82, 2.24) is 14.9 Å². The number of pyridine rings is 1. The normalized spacial score (nSPS) is 10.8. The average Bonchev–Trinajstić information content (AvgIpc) is 2.94. The zero-order valence-electron chi connectivity index (χ0n) is 12.0. The summed E-state index contributed by atoms with van der Waals surface area (Å²) in [5, 5.41) is 4.10. The van der Waals surface area contributed by atoms with E-state index < -0.39 is 0 Å². The monoisotopic (exact) mass is 357 g/mol. The molecule has 0 aliphatic carbocycles. The first-order chi connectivity index (χ1) is 10.7. The standard InChI is InChI=1S/C17H16BrN3O/c18-15-4-3-14-5-8-21(16(14)10-15)9-6-17(22)20-12-13-2-1-7-19-11-13/h1-5,7-8,10-11H,6,9,12H2,(H,20,22). The average molecular weight is 358 g/mol. The molecule has 1 amide bonds. The number of rotatable bonds is 5. The highest BCUT2D eigenvalue weighted by atomic mass is 79.9. The minimum absolute atomic E-state index is 0.0423. The van der Waals surface area contributed by atoms with Gasteiger partial charge in [0.1, 0.15) is 0 Å². The Morgan fingerprint density at radius 1 is 1.27 bits per heavy atom. The van der Waals surface area contributed by atoms with E-state index in [1.54, 1.807) is 12.4 Å². The first-order valence-electron chi connectivity index (χ1n) is 7.12. The number of aryl methyl sites for hydroxylation is 1. The minimum Gasteiger partial charge on any atom is -0.352 e. The van der Waals surface area contributed by atoms with E-state index in [0.717, 1.165) is 15.6 Å². The third-order valence-corrected chi connectivity index (χ3v) is 4.02. The van der Waals surface area contributed by atoms with Gasteiger partial charge in [0.25, 0.3) is 0 Å². The van der Waals surface area contributed by atoms with Gasteiger partial charge in [-0.2, -0.15) is 0 Å². The molecule has 2 heterocycles. The van der Waals surface area contributed by atoms with Crippen molar-refractivity contribution in [3.8, 4) is 0 Å². The van der Waals surface area contributed by atoms with Gasteiger partial charge < -0.3 is 9.88 Å². The molecule has 112 valence electrons. The number of hydrogen-bond donors (Lipinski definition) is 1. The fourth-order valence-corrected chi connectivity index (χ4v) is 2.71. The van der Waals surface area contributed by atoms with Crippen LogP contribution in [0.2, 0.25) is 0 Å². The molecule has 0 aliphatic heterocycles. The van der Waals surface area contributed by atoms with Crippen LogP contribution in [-0.2, 0) is 17.9 Å². The van der Waals surface area contributed by atoms with Gasteiger partial charge in [0.15, 0.2) is 0 Å². The molecule has 0 saturated carbocycles. The molecule has 3 rings (SSSR count). The predicted molar refractivity (Wildman–Crippen MR) is 90.3 cm³/mol. The van der Waals surface area contributed by atoms with Crippen LogP contribution in [0.25, 0.3) is 10.9 Å². The molecule has 0 bridgehead atoms. The van der Waals surface area contributed by atoms with Gasteiger partial charge in [0.05, 0.1) is 0 Å². The van der Waals surface area contributed by atoms with Gasteiger partial charge in [-0.1, -0.05) is 28.1 Å². The Morgan fingerprint density at radius 3 is 3.00 bits per heavy atom. The van der Waals surface area contributed by atoms with E-state index in [4.69, 9.17) is 0 Å². The molecule has 5 heteroatoms. The summed E-state index contributed by atoms with van der Waals surface area (Å²) in [5.74, 6) is 0.0423. The van der Waals surface area contributed by atoms with Crippen LogP contribution < -0.4 is 5.32 Å². The number of aromatic nitrogens is 2. The van der Waals surface area contributed by atoms with E-state index in [9.17, 15) is 4.79 Å². The van der Waals surface area contributed by atoms with E-state index in [0.29, 0.717) is 19.5 Å². The van der Waals surface area contributed by atoms with Crippen molar-refractivity contribution in [3.05, 3.63) is 65.0 Å². The van der Waals surface area contributed by atoms with Crippen molar-refractivity contribution in [1.29, 1.82) is 0 Å². The summed E-state index contributed by atoms with van der Waals surface area (Å²) >= 11 is 3.48. The van der Waals surface area contributed by atoms with Crippen molar-refractivity contribution in [2.45, 2.75) is 19.5 Å². The van der Waals surface area contributed by atoms with Crippen molar-refractivity contribution >= 4 is 32.7 Å². The van der Waals surface area contributed by atoms with Gasteiger partial charge >= 0.3 is 0 Å². The summed E-state index contributed by atoms with van der Waals surface area (Å²) in [6, 6.07) is 12.0. The number of halogens is 1. The Bertz CT molecular complexity index is 783. The summed E-state index contributed by atoms with van der Waals surface area (Å²) in [6.45, 7) is 1.18. The van der Waals surface area contributed by atoms with E-state index >= 15 is 0 Å². The minimum atomic E-state index is 0.0423. The number of nitrogens with one attached hydrogen (secondary N) is 1. The molecule has 0 saturated heterocycles. The van der Waals surface area contributed by atoms with E-state index in [-0.39, 0.29) is 5.91 Å². The summed E-state index contributed by atoms with van der Waals surface area (Å²) in [5.41, 5.74) is 2.14. The molecule has 0 atom stereocenters. The number of benzene rings is 1. The highest BCUT2D eigenvalue weighted by Gasteiger charge is 2.05. The number of hydrogen-bond acceptors (Lipinski definition) is 2. The van der Waals surface area contributed by atoms with Crippen LogP contribution in [0.5, 0.6) is 0 Å². The summed E-state index contributed by atoms with van der Waals surface area (Å²) in [4.78, 5) is 16.0. The lowest BCUT2D eigenvalue weighted by Gasteiger charge is -2.07. The SMILES string of the molecule is O=C(CCn1ccc2ccc(Br)cc21)NCc1cccnc1. The van der Waals surface area contributed by atoms with Crippen LogP contribution in [0.1, 0.15) is 12.0 Å². The van der Waals surface area contributed by atoms with Crippen LogP contribution in [-0.4, -0.2) is 15.5 Å². The lowest BCUT2D eigenvalue weighted by molar-refractivity contribution is -0.121. The largest absolute Gasteiger partial charge is 0.352 e. The Labute approximate surface area is 137 Å². The molecule has 0 spiro atoms. The molecule has 22 heavy (non-hydrogen) atoms. The molecule has 4 nitrogen and oxygen atoms in total. The van der Waals surface area contributed by atoms with E-state index in [1.807, 2.05) is 24.4 Å². The molecule has 0 aliphatic rings. The van der Waals surface area contributed by atoms with Gasteiger partial charge in [0.2, 0.25) is 5.91 Å². The number of amides is 1. The molecular formula is C17H16BrN3O. The van der Waals surface area contributed by atoms with E-state index in [2.05, 4.69) is 49.0 Å².